The quantitative estimate of drug-likeness (QED) is 0.896. The molecule has 3 heteroatoms. The van der Waals surface area contributed by atoms with Crippen molar-refractivity contribution in [1.29, 1.82) is 0 Å². The lowest BCUT2D eigenvalue weighted by Gasteiger charge is -2.28. The van der Waals surface area contributed by atoms with Crippen LogP contribution < -0.4 is 10.2 Å². The van der Waals surface area contributed by atoms with Crippen molar-refractivity contribution in [3.05, 3.63) is 29.3 Å². The zero-order valence-electron chi connectivity index (χ0n) is 12.0. The minimum absolute atomic E-state index is 1.10. The highest BCUT2D eigenvalue weighted by Crippen LogP contribution is 2.23. The first-order chi connectivity index (χ1) is 9.31. The van der Waals surface area contributed by atoms with Gasteiger partial charge in [-0.25, -0.2) is 0 Å². The number of anilines is 1. The van der Waals surface area contributed by atoms with Crippen LogP contribution in [0, 0.1) is 6.92 Å². The summed E-state index contributed by atoms with van der Waals surface area (Å²) in [5.41, 5.74) is 4.31. The van der Waals surface area contributed by atoms with E-state index in [1.54, 1.807) is 0 Å². The predicted molar refractivity (Wildman–Crippen MR) is 80.8 cm³/mol. The number of benzene rings is 1. The monoisotopic (exact) mass is 259 g/mol. The van der Waals surface area contributed by atoms with Crippen molar-refractivity contribution in [3.8, 4) is 0 Å². The van der Waals surface area contributed by atoms with Crippen LogP contribution in [0.2, 0.25) is 0 Å². The Morgan fingerprint density at radius 2 is 1.74 bits per heavy atom. The van der Waals surface area contributed by atoms with Gasteiger partial charge in [-0.2, -0.15) is 0 Å². The van der Waals surface area contributed by atoms with Crippen LogP contribution >= 0.6 is 0 Å². The van der Waals surface area contributed by atoms with E-state index in [9.17, 15) is 0 Å². The fraction of sp³-hybridized carbons (Fsp3) is 0.625. The number of rotatable bonds is 3. The molecule has 0 bridgehead atoms. The van der Waals surface area contributed by atoms with Gasteiger partial charge in [0.15, 0.2) is 0 Å². The number of nitrogens with one attached hydrogen (secondary N) is 1. The van der Waals surface area contributed by atoms with Crippen molar-refractivity contribution >= 4 is 5.69 Å². The van der Waals surface area contributed by atoms with E-state index in [0.29, 0.717) is 0 Å². The zero-order chi connectivity index (χ0) is 13.1. The summed E-state index contributed by atoms with van der Waals surface area (Å²) in [5.74, 6) is 0. The number of nitrogens with zero attached hydrogens (tertiary/aromatic N) is 2. The van der Waals surface area contributed by atoms with Gasteiger partial charge in [-0.3, -0.25) is 4.90 Å². The van der Waals surface area contributed by atoms with Gasteiger partial charge < -0.3 is 10.2 Å². The molecule has 3 rings (SSSR count). The molecule has 0 aliphatic carbocycles. The molecular weight excluding hydrogens is 234 g/mol. The van der Waals surface area contributed by atoms with Crippen LogP contribution in [0.5, 0.6) is 0 Å². The van der Waals surface area contributed by atoms with Crippen LogP contribution in [-0.2, 0) is 6.54 Å². The summed E-state index contributed by atoms with van der Waals surface area (Å²) in [7, 11) is 0. The summed E-state index contributed by atoms with van der Waals surface area (Å²) in [6, 6.07) is 7.09. The third-order valence-electron chi connectivity index (χ3n) is 4.21. The van der Waals surface area contributed by atoms with Crippen molar-refractivity contribution in [3.63, 3.8) is 0 Å². The minimum Gasteiger partial charge on any atom is -0.372 e. The maximum absolute atomic E-state index is 3.42. The van der Waals surface area contributed by atoms with Crippen LogP contribution in [0.15, 0.2) is 18.2 Å². The van der Waals surface area contributed by atoms with Crippen molar-refractivity contribution in [2.24, 2.45) is 0 Å². The summed E-state index contributed by atoms with van der Waals surface area (Å²) >= 11 is 0. The Labute approximate surface area is 116 Å². The molecule has 0 saturated carbocycles. The van der Waals surface area contributed by atoms with Crippen LogP contribution in [0.1, 0.15) is 24.0 Å². The second-order valence-electron chi connectivity index (χ2n) is 5.90. The van der Waals surface area contributed by atoms with Gasteiger partial charge in [-0.1, -0.05) is 6.07 Å². The van der Waals surface area contributed by atoms with Crippen LogP contribution in [0.25, 0.3) is 0 Å². The SMILES string of the molecule is Cc1cc(CN2CCNCC2)cc(N2CCCC2)c1. The van der Waals surface area contributed by atoms with E-state index in [1.165, 1.54) is 55.8 Å². The molecule has 1 aromatic rings. The predicted octanol–water partition coefficient (Wildman–Crippen LogP) is 2.00. The molecule has 0 amide bonds. The van der Waals surface area contributed by atoms with E-state index in [1.807, 2.05) is 0 Å². The lowest BCUT2D eigenvalue weighted by molar-refractivity contribution is 0.233. The van der Waals surface area contributed by atoms with Crippen molar-refractivity contribution in [2.45, 2.75) is 26.3 Å². The van der Waals surface area contributed by atoms with Gasteiger partial charge in [0, 0.05) is 51.5 Å². The molecule has 2 aliphatic rings. The average molecular weight is 259 g/mol. The molecule has 1 N–H and O–H groups in total. The Balaban J connectivity index is 1.73. The van der Waals surface area contributed by atoms with Gasteiger partial charge in [0.1, 0.15) is 0 Å². The molecular formula is C16H25N3. The Morgan fingerprint density at radius 1 is 1.00 bits per heavy atom. The number of aryl methyl sites for hydroxylation is 1. The topological polar surface area (TPSA) is 18.5 Å². The first kappa shape index (κ1) is 12.9. The van der Waals surface area contributed by atoms with Gasteiger partial charge in [-0.05, 0) is 43.0 Å². The number of hydrogen-bond acceptors (Lipinski definition) is 3. The number of piperazine rings is 1. The molecule has 0 unspecified atom stereocenters. The normalized spacial score (nSPS) is 21.0. The molecule has 0 radical (unpaired) electrons. The fourth-order valence-corrected chi connectivity index (χ4v) is 3.22. The van der Waals surface area contributed by atoms with Gasteiger partial charge >= 0.3 is 0 Å². The van der Waals surface area contributed by atoms with E-state index >= 15 is 0 Å². The van der Waals surface area contributed by atoms with Crippen LogP contribution in [0.3, 0.4) is 0 Å². The smallest absolute Gasteiger partial charge is 0.0372 e. The molecule has 2 fully saturated rings. The molecule has 19 heavy (non-hydrogen) atoms. The van der Waals surface area contributed by atoms with E-state index in [4.69, 9.17) is 0 Å². The average Bonchev–Trinajstić information content (AvgIpc) is 2.93. The van der Waals surface area contributed by atoms with Crippen LogP contribution in [-0.4, -0.2) is 44.2 Å². The molecule has 104 valence electrons. The highest BCUT2D eigenvalue weighted by molar-refractivity contribution is 5.51. The van der Waals surface area contributed by atoms with E-state index in [0.717, 1.165) is 19.6 Å². The molecule has 2 aliphatic heterocycles. The first-order valence-corrected chi connectivity index (χ1v) is 7.60. The van der Waals surface area contributed by atoms with E-state index in [-0.39, 0.29) is 0 Å². The second kappa shape index (κ2) is 5.93. The first-order valence-electron chi connectivity index (χ1n) is 7.60. The zero-order valence-corrected chi connectivity index (χ0v) is 12.0. The fourth-order valence-electron chi connectivity index (χ4n) is 3.22. The molecule has 2 heterocycles. The maximum Gasteiger partial charge on any atom is 0.0372 e. The Hall–Kier alpha value is -1.06. The summed E-state index contributed by atoms with van der Waals surface area (Å²) < 4.78 is 0. The number of hydrogen-bond donors (Lipinski definition) is 1. The Morgan fingerprint density at radius 3 is 2.47 bits per heavy atom. The molecule has 3 nitrogen and oxygen atoms in total. The molecule has 2 saturated heterocycles. The third kappa shape index (κ3) is 3.28. The van der Waals surface area contributed by atoms with Gasteiger partial charge in [-0.15, -0.1) is 0 Å². The summed E-state index contributed by atoms with van der Waals surface area (Å²) in [5, 5.41) is 3.42. The second-order valence-corrected chi connectivity index (χ2v) is 5.90. The summed E-state index contributed by atoms with van der Waals surface area (Å²) in [6.45, 7) is 10.4. The van der Waals surface area contributed by atoms with Crippen molar-refractivity contribution < 1.29 is 0 Å². The van der Waals surface area contributed by atoms with Crippen molar-refractivity contribution in [2.75, 3.05) is 44.2 Å². The largest absolute Gasteiger partial charge is 0.372 e. The van der Waals surface area contributed by atoms with Gasteiger partial charge in [0.2, 0.25) is 0 Å². The van der Waals surface area contributed by atoms with E-state index < -0.39 is 0 Å². The van der Waals surface area contributed by atoms with Crippen LogP contribution in [0.4, 0.5) is 5.69 Å². The molecule has 1 aromatic carbocycles. The molecule has 0 atom stereocenters. The lowest BCUT2D eigenvalue weighted by atomic mass is 10.1. The molecule has 0 aromatic heterocycles. The standard InChI is InChI=1S/C16H25N3/c1-14-10-15(13-18-8-4-17-5-9-18)12-16(11-14)19-6-2-3-7-19/h10-12,17H,2-9,13H2,1H3. The minimum atomic E-state index is 1.10. The highest BCUT2D eigenvalue weighted by atomic mass is 15.2. The summed E-state index contributed by atoms with van der Waals surface area (Å²) in [6.07, 6.45) is 2.70. The van der Waals surface area contributed by atoms with Gasteiger partial charge in [0.25, 0.3) is 0 Å². The lowest BCUT2D eigenvalue weighted by Crippen LogP contribution is -2.42. The van der Waals surface area contributed by atoms with Crippen molar-refractivity contribution in [1.82, 2.24) is 10.2 Å². The maximum atomic E-state index is 3.42. The molecule has 0 spiro atoms. The Bertz CT molecular complexity index is 418. The highest BCUT2D eigenvalue weighted by Gasteiger charge is 2.15. The van der Waals surface area contributed by atoms with Gasteiger partial charge in [0.05, 0.1) is 0 Å². The third-order valence-corrected chi connectivity index (χ3v) is 4.21. The van der Waals surface area contributed by atoms with E-state index in [2.05, 4.69) is 40.2 Å². The summed E-state index contributed by atoms with van der Waals surface area (Å²) in [4.78, 5) is 5.09. The Kier molecular flexibility index (Phi) is 4.04.